The first-order valence-corrected chi connectivity index (χ1v) is 7.51. The van der Waals surface area contributed by atoms with Crippen LogP contribution in [0.4, 0.5) is 0 Å². The van der Waals surface area contributed by atoms with Crippen LogP contribution in [0.2, 0.25) is 0 Å². The minimum atomic E-state index is -3.85. The van der Waals surface area contributed by atoms with Crippen LogP contribution >= 0.6 is 0 Å². The van der Waals surface area contributed by atoms with Gasteiger partial charge in [-0.3, -0.25) is 9.59 Å². The molecule has 1 heterocycles. The third-order valence-corrected chi connectivity index (χ3v) is 5.27. The number of aliphatic carboxylic acids is 1. The van der Waals surface area contributed by atoms with E-state index in [9.17, 15) is 18.0 Å². The SMILES string of the molecule is CC(C)(CCN1C(=O)c2ccccc2S1(=O)=O)C(=O)O. The van der Waals surface area contributed by atoms with Crippen LogP contribution in [-0.2, 0) is 14.8 Å². The summed E-state index contributed by atoms with van der Waals surface area (Å²) >= 11 is 0. The van der Waals surface area contributed by atoms with Crippen molar-refractivity contribution in [2.75, 3.05) is 6.54 Å². The van der Waals surface area contributed by atoms with E-state index in [0.717, 1.165) is 4.31 Å². The number of nitrogens with zero attached hydrogens (tertiary/aromatic N) is 1. The van der Waals surface area contributed by atoms with Crippen LogP contribution in [0.3, 0.4) is 0 Å². The summed E-state index contributed by atoms with van der Waals surface area (Å²) in [4.78, 5) is 23.1. The second kappa shape index (κ2) is 4.59. The van der Waals surface area contributed by atoms with Crippen molar-refractivity contribution in [2.45, 2.75) is 25.2 Å². The second-order valence-corrected chi connectivity index (χ2v) is 7.15. The minimum absolute atomic E-state index is 0.0156. The molecule has 0 unspecified atom stereocenters. The van der Waals surface area contributed by atoms with Crippen LogP contribution in [0.15, 0.2) is 29.2 Å². The van der Waals surface area contributed by atoms with Crippen LogP contribution in [0.5, 0.6) is 0 Å². The highest BCUT2D eigenvalue weighted by Crippen LogP contribution is 2.31. The normalized spacial score (nSPS) is 17.1. The van der Waals surface area contributed by atoms with Crippen molar-refractivity contribution >= 4 is 21.9 Å². The third kappa shape index (κ3) is 2.18. The number of carboxylic acids is 1. The lowest BCUT2D eigenvalue weighted by molar-refractivity contribution is -0.147. The van der Waals surface area contributed by atoms with Gasteiger partial charge in [-0.1, -0.05) is 12.1 Å². The minimum Gasteiger partial charge on any atom is -0.481 e. The van der Waals surface area contributed by atoms with Gasteiger partial charge in [0.1, 0.15) is 4.90 Å². The average molecular weight is 297 g/mol. The molecule has 0 aromatic heterocycles. The molecule has 6 nitrogen and oxygen atoms in total. The van der Waals surface area contributed by atoms with Gasteiger partial charge in [0, 0.05) is 6.54 Å². The van der Waals surface area contributed by atoms with E-state index in [4.69, 9.17) is 5.11 Å². The number of fused-ring (bicyclic) bond motifs is 1. The van der Waals surface area contributed by atoms with Crippen molar-refractivity contribution in [1.82, 2.24) is 4.31 Å². The molecule has 108 valence electrons. The summed E-state index contributed by atoms with van der Waals surface area (Å²) in [5, 5.41) is 9.03. The second-order valence-electron chi connectivity index (χ2n) is 5.32. The molecule has 1 amide bonds. The maximum Gasteiger partial charge on any atom is 0.309 e. The van der Waals surface area contributed by atoms with Gasteiger partial charge in [-0.25, -0.2) is 12.7 Å². The van der Waals surface area contributed by atoms with E-state index in [1.54, 1.807) is 12.1 Å². The molecule has 1 aromatic carbocycles. The Morgan fingerprint density at radius 1 is 1.30 bits per heavy atom. The fourth-order valence-corrected chi connectivity index (χ4v) is 3.51. The first-order valence-electron chi connectivity index (χ1n) is 6.07. The number of hydrogen-bond donors (Lipinski definition) is 1. The summed E-state index contributed by atoms with van der Waals surface area (Å²) in [6, 6.07) is 5.98. The van der Waals surface area contributed by atoms with Crippen LogP contribution < -0.4 is 0 Å². The smallest absolute Gasteiger partial charge is 0.309 e. The van der Waals surface area contributed by atoms with E-state index in [-0.39, 0.29) is 23.4 Å². The lowest BCUT2D eigenvalue weighted by atomic mass is 9.90. The van der Waals surface area contributed by atoms with Gasteiger partial charge in [0.25, 0.3) is 15.9 Å². The van der Waals surface area contributed by atoms with Crippen LogP contribution in [0, 0.1) is 5.41 Å². The summed E-state index contributed by atoms with van der Waals surface area (Å²) in [5.41, 5.74) is -0.953. The van der Waals surface area contributed by atoms with Crippen LogP contribution in [0.1, 0.15) is 30.6 Å². The molecule has 0 aliphatic carbocycles. The van der Waals surface area contributed by atoms with Crippen LogP contribution in [-0.4, -0.2) is 36.3 Å². The molecule has 1 aromatic rings. The summed E-state index contributed by atoms with van der Waals surface area (Å²) in [7, 11) is -3.85. The van der Waals surface area contributed by atoms with Crippen molar-refractivity contribution in [3.63, 3.8) is 0 Å². The Bertz CT molecular complexity index is 678. The third-order valence-electron chi connectivity index (χ3n) is 3.43. The molecule has 0 saturated carbocycles. The highest BCUT2D eigenvalue weighted by atomic mass is 32.2. The van der Waals surface area contributed by atoms with Crippen LogP contribution in [0.25, 0.3) is 0 Å². The zero-order valence-corrected chi connectivity index (χ0v) is 12.0. The number of rotatable bonds is 4. The first-order chi connectivity index (χ1) is 9.18. The van der Waals surface area contributed by atoms with Crippen molar-refractivity contribution in [2.24, 2.45) is 5.41 Å². The summed E-state index contributed by atoms with van der Waals surface area (Å²) in [6.07, 6.45) is 0.0568. The Hall–Kier alpha value is -1.89. The Morgan fingerprint density at radius 2 is 1.90 bits per heavy atom. The fourth-order valence-electron chi connectivity index (χ4n) is 1.94. The molecular formula is C13H15NO5S. The fraction of sp³-hybridized carbons (Fsp3) is 0.385. The zero-order valence-electron chi connectivity index (χ0n) is 11.2. The van der Waals surface area contributed by atoms with Gasteiger partial charge >= 0.3 is 5.97 Å². The molecule has 0 fully saturated rings. The molecule has 0 bridgehead atoms. The van der Waals surface area contributed by atoms with Crippen molar-refractivity contribution in [3.05, 3.63) is 29.8 Å². The quantitative estimate of drug-likeness (QED) is 0.905. The predicted molar refractivity (Wildman–Crippen MR) is 70.7 cm³/mol. The van der Waals surface area contributed by atoms with E-state index in [1.165, 1.54) is 26.0 Å². The number of carbonyl (C=O) groups is 2. The van der Waals surface area contributed by atoms with E-state index >= 15 is 0 Å². The van der Waals surface area contributed by atoms with E-state index in [2.05, 4.69) is 0 Å². The van der Waals surface area contributed by atoms with Crippen molar-refractivity contribution < 1.29 is 23.1 Å². The van der Waals surface area contributed by atoms with Crippen molar-refractivity contribution in [3.8, 4) is 0 Å². The molecule has 1 aliphatic heterocycles. The van der Waals surface area contributed by atoms with E-state index < -0.39 is 27.3 Å². The monoisotopic (exact) mass is 297 g/mol. The summed E-state index contributed by atoms with van der Waals surface area (Å²) in [6.45, 7) is 2.85. The maximum absolute atomic E-state index is 12.2. The van der Waals surface area contributed by atoms with E-state index in [1.807, 2.05) is 0 Å². The molecule has 2 rings (SSSR count). The number of amides is 1. The predicted octanol–water partition coefficient (Wildman–Crippen LogP) is 1.33. The van der Waals surface area contributed by atoms with E-state index in [0.29, 0.717) is 0 Å². The number of benzene rings is 1. The molecule has 20 heavy (non-hydrogen) atoms. The number of hydrogen-bond acceptors (Lipinski definition) is 4. The molecule has 1 aliphatic rings. The highest BCUT2D eigenvalue weighted by molar-refractivity contribution is 7.90. The summed E-state index contributed by atoms with van der Waals surface area (Å²) < 4.78 is 25.2. The Morgan fingerprint density at radius 3 is 2.45 bits per heavy atom. The maximum atomic E-state index is 12.2. The summed E-state index contributed by atoms with van der Waals surface area (Å²) in [5.74, 6) is -1.62. The zero-order chi connectivity index (χ0) is 15.1. The van der Waals surface area contributed by atoms with Crippen molar-refractivity contribution in [1.29, 1.82) is 0 Å². The number of sulfonamides is 1. The average Bonchev–Trinajstić information content (AvgIpc) is 2.56. The molecular weight excluding hydrogens is 282 g/mol. The molecule has 0 spiro atoms. The van der Waals surface area contributed by atoms with Gasteiger partial charge in [-0.05, 0) is 32.4 Å². The lowest BCUT2D eigenvalue weighted by Crippen LogP contribution is -2.35. The largest absolute Gasteiger partial charge is 0.481 e. The Balaban J connectivity index is 2.29. The molecule has 7 heteroatoms. The van der Waals surface area contributed by atoms with Gasteiger partial charge in [0.15, 0.2) is 0 Å². The van der Waals surface area contributed by atoms with Gasteiger partial charge < -0.3 is 5.11 Å². The molecule has 0 atom stereocenters. The standard InChI is InChI=1S/C13H15NO5S/c1-13(2,12(16)17)7-8-14-11(15)9-5-3-4-6-10(9)20(14,18)19/h3-6H,7-8H2,1-2H3,(H,16,17). The van der Waals surface area contributed by atoms with Gasteiger partial charge in [0.2, 0.25) is 0 Å². The Kier molecular flexibility index (Phi) is 3.33. The van der Waals surface area contributed by atoms with Gasteiger partial charge in [-0.15, -0.1) is 0 Å². The first kappa shape index (κ1) is 14.5. The molecule has 0 saturated heterocycles. The van der Waals surface area contributed by atoms with Gasteiger partial charge in [-0.2, -0.15) is 0 Å². The number of carbonyl (C=O) groups excluding carboxylic acids is 1. The highest BCUT2D eigenvalue weighted by Gasteiger charge is 2.41. The Labute approximate surface area is 117 Å². The molecule has 1 N–H and O–H groups in total. The topological polar surface area (TPSA) is 91.8 Å². The lowest BCUT2D eigenvalue weighted by Gasteiger charge is -2.22. The van der Waals surface area contributed by atoms with Gasteiger partial charge in [0.05, 0.1) is 11.0 Å². The molecule has 0 radical (unpaired) electrons. The number of carboxylic acid groups (broad SMARTS) is 1.